The number of nitrogens with one attached hydrogen (secondary N) is 2. The smallest absolute Gasteiger partial charge is 0.323 e. The summed E-state index contributed by atoms with van der Waals surface area (Å²) in [5.41, 5.74) is 1.48. The third-order valence-corrected chi connectivity index (χ3v) is 3.00. The molecule has 0 fully saturated rings. The normalized spacial score (nSPS) is 10.0. The fourth-order valence-electron chi connectivity index (χ4n) is 2.03. The summed E-state index contributed by atoms with van der Waals surface area (Å²) < 4.78 is 5.23. The minimum absolute atomic E-state index is 0.101. The molecule has 2 N–H and O–H groups in total. The van der Waals surface area contributed by atoms with Crippen LogP contribution in [-0.4, -0.2) is 17.6 Å². The number of hydrogen-bond donors (Lipinski definition) is 2. The molecule has 7 nitrogen and oxygen atoms in total. The topological polar surface area (TPSA) is 93.5 Å². The molecule has 0 radical (unpaired) electrons. The number of aryl methyl sites for hydroxylation is 1. The van der Waals surface area contributed by atoms with E-state index in [9.17, 15) is 14.9 Å². The van der Waals surface area contributed by atoms with Gasteiger partial charge in [-0.2, -0.15) is 0 Å². The van der Waals surface area contributed by atoms with Crippen LogP contribution in [0.25, 0.3) is 0 Å². The quantitative estimate of drug-likeness (QED) is 0.645. The van der Waals surface area contributed by atoms with Crippen LogP contribution in [-0.2, 0) is 0 Å². The number of benzene rings is 2. The van der Waals surface area contributed by atoms with E-state index in [-0.39, 0.29) is 11.4 Å². The molecule has 0 spiro atoms. The fraction of sp³-hybridized carbons (Fsp3) is 0.188. The number of nitro groups is 1. The van der Waals surface area contributed by atoms with Crippen LogP contribution in [0.5, 0.6) is 5.75 Å². The van der Waals surface area contributed by atoms with E-state index >= 15 is 0 Å². The van der Waals surface area contributed by atoms with Gasteiger partial charge in [-0.3, -0.25) is 10.1 Å². The average Bonchev–Trinajstić information content (AvgIpc) is 2.48. The minimum atomic E-state index is -0.565. The highest BCUT2D eigenvalue weighted by atomic mass is 16.6. The van der Waals surface area contributed by atoms with Gasteiger partial charge in [0.25, 0.3) is 5.69 Å². The zero-order valence-corrected chi connectivity index (χ0v) is 12.8. The Morgan fingerprint density at radius 3 is 2.65 bits per heavy atom. The van der Waals surface area contributed by atoms with Gasteiger partial charge in [0.2, 0.25) is 0 Å². The SMILES string of the molecule is CCOc1ccc(NC(=O)Nc2cccc(C)c2)c([N+](=O)[O-])c1. The molecular formula is C16H17N3O4. The maximum atomic E-state index is 12.0. The first kappa shape index (κ1) is 16.3. The molecule has 0 aliphatic rings. The first-order valence-corrected chi connectivity index (χ1v) is 7.05. The summed E-state index contributed by atoms with van der Waals surface area (Å²) in [6, 6.07) is 11.0. The Morgan fingerprint density at radius 1 is 1.22 bits per heavy atom. The lowest BCUT2D eigenvalue weighted by Crippen LogP contribution is -2.20. The summed E-state index contributed by atoms with van der Waals surface area (Å²) in [6.45, 7) is 4.09. The Hall–Kier alpha value is -3.09. The highest BCUT2D eigenvalue weighted by Gasteiger charge is 2.17. The van der Waals surface area contributed by atoms with Crippen molar-refractivity contribution in [1.82, 2.24) is 0 Å². The number of nitrogens with zero attached hydrogens (tertiary/aromatic N) is 1. The summed E-state index contributed by atoms with van der Waals surface area (Å²) in [5, 5.41) is 16.3. The molecular weight excluding hydrogens is 298 g/mol. The van der Waals surface area contributed by atoms with Gasteiger partial charge in [-0.15, -0.1) is 0 Å². The van der Waals surface area contributed by atoms with Crippen LogP contribution in [0.3, 0.4) is 0 Å². The number of urea groups is 1. The Labute approximate surface area is 133 Å². The second-order valence-electron chi connectivity index (χ2n) is 4.82. The number of rotatable bonds is 5. The van der Waals surface area contributed by atoms with Crippen molar-refractivity contribution >= 4 is 23.1 Å². The van der Waals surface area contributed by atoms with Gasteiger partial charge in [0.05, 0.1) is 17.6 Å². The number of ether oxygens (including phenoxy) is 1. The molecule has 0 aromatic heterocycles. The third-order valence-electron chi connectivity index (χ3n) is 3.00. The predicted molar refractivity (Wildman–Crippen MR) is 88.1 cm³/mol. The van der Waals surface area contributed by atoms with Crippen molar-refractivity contribution in [2.45, 2.75) is 13.8 Å². The van der Waals surface area contributed by atoms with Crippen molar-refractivity contribution < 1.29 is 14.5 Å². The summed E-state index contributed by atoms with van der Waals surface area (Å²) in [7, 11) is 0. The van der Waals surface area contributed by atoms with E-state index in [1.165, 1.54) is 12.1 Å². The molecule has 0 aliphatic carbocycles. The van der Waals surface area contributed by atoms with Crippen molar-refractivity contribution in [3.8, 4) is 5.75 Å². The molecule has 0 aliphatic heterocycles. The van der Waals surface area contributed by atoms with E-state index in [1.807, 2.05) is 19.1 Å². The summed E-state index contributed by atoms with van der Waals surface area (Å²) in [5.74, 6) is 0.379. The van der Waals surface area contributed by atoms with E-state index in [2.05, 4.69) is 10.6 Å². The Balaban J connectivity index is 2.15. The standard InChI is InChI=1S/C16H17N3O4/c1-3-23-13-7-8-14(15(10-13)19(21)22)18-16(20)17-12-6-4-5-11(2)9-12/h4-10H,3H2,1-2H3,(H2,17,18,20). The molecule has 23 heavy (non-hydrogen) atoms. The van der Waals surface area contributed by atoms with Crippen LogP contribution < -0.4 is 15.4 Å². The molecule has 7 heteroatoms. The molecule has 0 saturated heterocycles. The van der Waals surface area contributed by atoms with E-state index < -0.39 is 11.0 Å². The lowest BCUT2D eigenvalue weighted by Gasteiger charge is -2.10. The van der Waals surface area contributed by atoms with Crippen LogP contribution >= 0.6 is 0 Å². The molecule has 0 bridgehead atoms. The minimum Gasteiger partial charge on any atom is -0.494 e. The monoisotopic (exact) mass is 315 g/mol. The molecule has 0 saturated carbocycles. The third kappa shape index (κ3) is 4.44. The van der Waals surface area contributed by atoms with Crippen molar-refractivity contribution in [2.75, 3.05) is 17.2 Å². The zero-order valence-electron chi connectivity index (χ0n) is 12.8. The van der Waals surface area contributed by atoms with Crippen LogP contribution in [0, 0.1) is 17.0 Å². The number of amides is 2. The first-order valence-electron chi connectivity index (χ1n) is 7.05. The molecule has 0 atom stereocenters. The van der Waals surface area contributed by atoms with E-state index in [4.69, 9.17) is 4.74 Å². The van der Waals surface area contributed by atoms with Crippen LogP contribution in [0.2, 0.25) is 0 Å². The van der Waals surface area contributed by atoms with E-state index in [0.29, 0.717) is 18.0 Å². The van der Waals surface area contributed by atoms with Crippen molar-refractivity contribution in [1.29, 1.82) is 0 Å². The second kappa shape index (κ2) is 7.26. The average molecular weight is 315 g/mol. The zero-order chi connectivity index (χ0) is 16.8. The van der Waals surface area contributed by atoms with Gasteiger partial charge in [0.1, 0.15) is 11.4 Å². The maximum Gasteiger partial charge on any atom is 0.323 e. The van der Waals surface area contributed by atoms with Crippen molar-refractivity contribution in [2.24, 2.45) is 0 Å². The number of anilines is 2. The first-order chi connectivity index (χ1) is 11.0. The molecule has 2 amide bonds. The van der Waals surface area contributed by atoms with Crippen LogP contribution in [0.1, 0.15) is 12.5 Å². The van der Waals surface area contributed by atoms with E-state index in [0.717, 1.165) is 5.56 Å². The van der Waals surface area contributed by atoms with Crippen LogP contribution in [0.4, 0.5) is 21.9 Å². The van der Waals surface area contributed by atoms with Gasteiger partial charge in [-0.05, 0) is 43.7 Å². The lowest BCUT2D eigenvalue weighted by atomic mass is 10.2. The van der Waals surface area contributed by atoms with Gasteiger partial charge in [0, 0.05) is 5.69 Å². The highest BCUT2D eigenvalue weighted by Crippen LogP contribution is 2.29. The maximum absolute atomic E-state index is 12.0. The molecule has 0 heterocycles. The summed E-state index contributed by atoms with van der Waals surface area (Å²) in [4.78, 5) is 22.6. The second-order valence-corrected chi connectivity index (χ2v) is 4.82. The molecule has 0 unspecified atom stereocenters. The fourth-order valence-corrected chi connectivity index (χ4v) is 2.03. The number of carbonyl (C=O) groups excluding carboxylic acids is 1. The molecule has 2 aromatic rings. The Bertz CT molecular complexity index is 731. The van der Waals surface area contributed by atoms with Gasteiger partial charge in [-0.25, -0.2) is 4.79 Å². The Morgan fingerprint density at radius 2 is 2.00 bits per heavy atom. The molecule has 120 valence electrons. The number of carbonyl (C=O) groups is 1. The predicted octanol–water partition coefficient (Wildman–Crippen LogP) is 3.95. The van der Waals surface area contributed by atoms with Gasteiger partial charge >= 0.3 is 6.03 Å². The van der Waals surface area contributed by atoms with Gasteiger partial charge in [-0.1, -0.05) is 12.1 Å². The van der Waals surface area contributed by atoms with Gasteiger partial charge in [0.15, 0.2) is 0 Å². The van der Waals surface area contributed by atoms with Crippen LogP contribution in [0.15, 0.2) is 42.5 Å². The Kier molecular flexibility index (Phi) is 5.14. The summed E-state index contributed by atoms with van der Waals surface area (Å²) in [6.07, 6.45) is 0. The van der Waals surface area contributed by atoms with Gasteiger partial charge < -0.3 is 15.4 Å². The van der Waals surface area contributed by atoms with Crippen molar-refractivity contribution in [3.05, 3.63) is 58.1 Å². The lowest BCUT2D eigenvalue weighted by molar-refractivity contribution is -0.384. The summed E-state index contributed by atoms with van der Waals surface area (Å²) >= 11 is 0. The largest absolute Gasteiger partial charge is 0.494 e. The van der Waals surface area contributed by atoms with Crippen molar-refractivity contribution in [3.63, 3.8) is 0 Å². The number of nitro benzene ring substituents is 1. The molecule has 2 aromatic carbocycles. The molecule has 2 rings (SSSR count). The number of hydrogen-bond acceptors (Lipinski definition) is 4. The van der Waals surface area contributed by atoms with E-state index in [1.54, 1.807) is 25.1 Å². The highest BCUT2D eigenvalue weighted by molar-refractivity contribution is 6.01.